The number of alkyl carbamates (subject to hydrolysis) is 1. The molecule has 1 aliphatic rings. The van der Waals surface area contributed by atoms with Gasteiger partial charge in [0, 0.05) is 17.8 Å². The van der Waals surface area contributed by atoms with Gasteiger partial charge in [-0.15, -0.1) is 0 Å². The number of carbonyl (C=O) groups is 1. The van der Waals surface area contributed by atoms with Gasteiger partial charge in [-0.2, -0.15) is 5.10 Å². The van der Waals surface area contributed by atoms with Crippen molar-refractivity contribution in [2.75, 3.05) is 6.54 Å². The first-order valence-electron chi connectivity index (χ1n) is 8.05. The third kappa shape index (κ3) is 5.33. The number of aromatic amines is 1. The Labute approximate surface area is 132 Å². The minimum absolute atomic E-state index is 0.239. The van der Waals surface area contributed by atoms with Gasteiger partial charge in [0.05, 0.1) is 6.20 Å². The molecule has 3 N–H and O–H groups in total. The Morgan fingerprint density at radius 1 is 1.41 bits per heavy atom. The molecule has 1 heterocycles. The molecule has 0 aromatic carbocycles. The maximum atomic E-state index is 11.6. The molecule has 1 amide bonds. The van der Waals surface area contributed by atoms with Gasteiger partial charge in [0.25, 0.3) is 0 Å². The molecule has 0 saturated heterocycles. The predicted molar refractivity (Wildman–Crippen MR) is 85.8 cm³/mol. The van der Waals surface area contributed by atoms with E-state index in [4.69, 9.17) is 4.74 Å². The van der Waals surface area contributed by atoms with Crippen molar-refractivity contribution in [3.63, 3.8) is 0 Å². The first-order valence-corrected chi connectivity index (χ1v) is 8.05. The molecule has 1 aromatic rings. The van der Waals surface area contributed by atoms with Crippen LogP contribution in [-0.2, 0) is 11.2 Å². The number of aryl methyl sites for hydroxylation is 2. The third-order valence-corrected chi connectivity index (χ3v) is 3.85. The lowest BCUT2D eigenvalue weighted by atomic mass is 9.87. The Bertz CT molecular complexity index is 487. The van der Waals surface area contributed by atoms with Gasteiger partial charge in [-0.05, 0) is 65.5 Å². The van der Waals surface area contributed by atoms with Crippen molar-refractivity contribution in [1.29, 1.82) is 0 Å². The van der Waals surface area contributed by atoms with Crippen molar-refractivity contribution in [2.24, 2.45) is 0 Å². The zero-order valence-corrected chi connectivity index (χ0v) is 14.0. The summed E-state index contributed by atoms with van der Waals surface area (Å²) in [6.07, 6.45) is 5.68. The SMILES string of the molecule is Cc1[nH]ncc1CCCNC1CC(NC(=O)OC(C)(C)C)C1. The van der Waals surface area contributed by atoms with Crippen LogP contribution in [-0.4, -0.2) is 40.5 Å². The van der Waals surface area contributed by atoms with Gasteiger partial charge in [0.1, 0.15) is 5.60 Å². The van der Waals surface area contributed by atoms with Gasteiger partial charge in [-0.25, -0.2) is 4.79 Å². The maximum absolute atomic E-state index is 11.6. The Balaban J connectivity index is 1.52. The Morgan fingerprint density at radius 3 is 2.73 bits per heavy atom. The topological polar surface area (TPSA) is 79.0 Å². The summed E-state index contributed by atoms with van der Waals surface area (Å²) >= 11 is 0. The van der Waals surface area contributed by atoms with E-state index in [1.54, 1.807) is 0 Å². The molecule has 0 bridgehead atoms. The van der Waals surface area contributed by atoms with E-state index < -0.39 is 5.60 Å². The van der Waals surface area contributed by atoms with E-state index in [2.05, 4.69) is 27.8 Å². The van der Waals surface area contributed by atoms with Gasteiger partial charge < -0.3 is 15.4 Å². The Morgan fingerprint density at radius 2 is 2.14 bits per heavy atom. The third-order valence-electron chi connectivity index (χ3n) is 3.85. The highest BCUT2D eigenvalue weighted by Crippen LogP contribution is 2.20. The van der Waals surface area contributed by atoms with Crippen LogP contribution in [0.25, 0.3) is 0 Å². The van der Waals surface area contributed by atoms with E-state index in [0.717, 1.165) is 37.9 Å². The molecule has 1 fully saturated rings. The quantitative estimate of drug-likeness (QED) is 0.705. The first kappa shape index (κ1) is 16.8. The zero-order chi connectivity index (χ0) is 16.2. The van der Waals surface area contributed by atoms with Crippen molar-refractivity contribution in [1.82, 2.24) is 20.8 Å². The molecule has 124 valence electrons. The van der Waals surface area contributed by atoms with E-state index in [1.165, 1.54) is 5.56 Å². The molecule has 1 aliphatic carbocycles. The molecule has 6 heteroatoms. The first-order chi connectivity index (χ1) is 10.3. The highest BCUT2D eigenvalue weighted by molar-refractivity contribution is 5.68. The van der Waals surface area contributed by atoms with Gasteiger partial charge in [0.2, 0.25) is 0 Å². The normalized spacial score (nSPS) is 21.3. The average molecular weight is 308 g/mol. The van der Waals surface area contributed by atoms with Crippen LogP contribution in [0, 0.1) is 6.92 Å². The molecule has 6 nitrogen and oxygen atoms in total. The van der Waals surface area contributed by atoms with E-state index >= 15 is 0 Å². The molecule has 0 atom stereocenters. The van der Waals surface area contributed by atoms with Gasteiger partial charge in [-0.1, -0.05) is 0 Å². The van der Waals surface area contributed by atoms with Crippen LogP contribution < -0.4 is 10.6 Å². The highest BCUT2D eigenvalue weighted by atomic mass is 16.6. The number of rotatable bonds is 6. The summed E-state index contributed by atoms with van der Waals surface area (Å²) in [6, 6.07) is 0.744. The van der Waals surface area contributed by atoms with E-state index in [0.29, 0.717) is 6.04 Å². The second kappa shape index (κ2) is 7.13. The van der Waals surface area contributed by atoms with Crippen LogP contribution in [0.3, 0.4) is 0 Å². The molecule has 1 saturated carbocycles. The van der Waals surface area contributed by atoms with Crippen molar-refractivity contribution < 1.29 is 9.53 Å². The van der Waals surface area contributed by atoms with Crippen molar-refractivity contribution in [3.8, 4) is 0 Å². The van der Waals surface area contributed by atoms with Gasteiger partial charge in [0.15, 0.2) is 0 Å². The van der Waals surface area contributed by atoms with Crippen LogP contribution >= 0.6 is 0 Å². The van der Waals surface area contributed by atoms with Crippen LogP contribution in [0.1, 0.15) is 51.3 Å². The second-order valence-electron chi connectivity index (χ2n) is 7.09. The van der Waals surface area contributed by atoms with Crippen LogP contribution in [0.2, 0.25) is 0 Å². The minimum atomic E-state index is -0.434. The molecule has 0 unspecified atom stereocenters. The number of nitrogens with one attached hydrogen (secondary N) is 3. The molecule has 0 spiro atoms. The smallest absolute Gasteiger partial charge is 0.407 e. The Kier molecular flexibility index (Phi) is 5.45. The summed E-state index contributed by atoms with van der Waals surface area (Å²) in [4.78, 5) is 11.6. The zero-order valence-electron chi connectivity index (χ0n) is 14.0. The fourth-order valence-corrected chi connectivity index (χ4v) is 2.59. The Hall–Kier alpha value is -1.56. The number of ether oxygens (including phenoxy) is 1. The molecule has 0 aliphatic heterocycles. The van der Waals surface area contributed by atoms with Crippen LogP contribution in [0.5, 0.6) is 0 Å². The number of carbonyl (C=O) groups excluding carboxylic acids is 1. The lowest BCUT2D eigenvalue weighted by molar-refractivity contribution is 0.0465. The fourth-order valence-electron chi connectivity index (χ4n) is 2.59. The monoisotopic (exact) mass is 308 g/mol. The van der Waals surface area contributed by atoms with E-state index in [-0.39, 0.29) is 12.1 Å². The number of aromatic nitrogens is 2. The van der Waals surface area contributed by atoms with Crippen LogP contribution in [0.15, 0.2) is 6.20 Å². The summed E-state index contributed by atoms with van der Waals surface area (Å²) in [7, 11) is 0. The lowest BCUT2D eigenvalue weighted by Crippen LogP contribution is -2.53. The standard InChI is InChI=1S/C16H28N4O2/c1-11-12(10-18-20-11)6-5-7-17-13-8-14(9-13)19-15(21)22-16(2,3)4/h10,13-14,17H,5-9H2,1-4H3,(H,18,20)(H,19,21). The number of hydrogen-bond acceptors (Lipinski definition) is 4. The van der Waals surface area contributed by atoms with Gasteiger partial charge >= 0.3 is 6.09 Å². The minimum Gasteiger partial charge on any atom is -0.444 e. The predicted octanol–water partition coefficient (Wildman–Crippen LogP) is 2.30. The summed E-state index contributed by atoms with van der Waals surface area (Å²) in [5.74, 6) is 0. The number of amides is 1. The summed E-state index contributed by atoms with van der Waals surface area (Å²) < 4.78 is 5.25. The summed E-state index contributed by atoms with van der Waals surface area (Å²) in [5, 5.41) is 13.4. The molecule has 22 heavy (non-hydrogen) atoms. The van der Waals surface area contributed by atoms with Crippen molar-refractivity contribution in [3.05, 3.63) is 17.5 Å². The average Bonchev–Trinajstić information content (AvgIpc) is 2.74. The fraction of sp³-hybridized carbons (Fsp3) is 0.750. The maximum Gasteiger partial charge on any atom is 0.407 e. The number of nitrogens with zero attached hydrogens (tertiary/aromatic N) is 1. The number of hydrogen-bond donors (Lipinski definition) is 3. The lowest BCUT2D eigenvalue weighted by Gasteiger charge is -2.36. The largest absolute Gasteiger partial charge is 0.444 e. The molecule has 0 radical (unpaired) electrons. The second-order valence-corrected chi connectivity index (χ2v) is 7.09. The highest BCUT2D eigenvalue weighted by Gasteiger charge is 2.31. The summed E-state index contributed by atoms with van der Waals surface area (Å²) in [5.41, 5.74) is 2.02. The number of H-pyrrole nitrogens is 1. The van der Waals surface area contributed by atoms with Gasteiger partial charge in [-0.3, -0.25) is 5.10 Å². The van der Waals surface area contributed by atoms with Crippen molar-refractivity contribution >= 4 is 6.09 Å². The molecule has 2 rings (SSSR count). The van der Waals surface area contributed by atoms with Crippen molar-refractivity contribution in [2.45, 2.75) is 71.1 Å². The molecule has 1 aromatic heterocycles. The van der Waals surface area contributed by atoms with Crippen LogP contribution in [0.4, 0.5) is 4.79 Å². The summed E-state index contributed by atoms with van der Waals surface area (Å²) in [6.45, 7) is 8.67. The van der Waals surface area contributed by atoms with E-state index in [1.807, 2.05) is 27.0 Å². The molecular weight excluding hydrogens is 280 g/mol. The molecular formula is C16H28N4O2. The van der Waals surface area contributed by atoms with E-state index in [9.17, 15) is 4.79 Å².